The Balaban J connectivity index is 1.91. The van der Waals surface area contributed by atoms with E-state index < -0.39 is 10.0 Å². The summed E-state index contributed by atoms with van der Waals surface area (Å²) in [6, 6.07) is 7.43. The Morgan fingerprint density at radius 1 is 1.45 bits per heavy atom. The van der Waals surface area contributed by atoms with Crippen molar-refractivity contribution in [1.82, 2.24) is 0 Å². The molecule has 2 rings (SSSR count). The Morgan fingerprint density at radius 3 is 2.90 bits per heavy atom. The molecule has 0 saturated carbocycles. The largest absolute Gasteiger partial charge is 0.379 e. The van der Waals surface area contributed by atoms with E-state index in [0.29, 0.717) is 18.9 Å². The molecule has 1 unspecified atom stereocenters. The molecule has 0 aromatic heterocycles. The first kappa shape index (κ1) is 15.3. The van der Waals surface area contributed by atoms with Crippen LogP contribution < -0.4 is 4.31 Å². The number of aryl methyl sites for hydroxylation is 1. The smallest absolute Gasteiger partial charge is 0.237 e. The van der Waals surface area contributed by atoms with Crippen LogP contribution in [-0.4, -0.2) is 47.1 Å². The van der Waals surface area contributed by atoms with Gasteiger partial charge in [0.25, 0.3) is 0 Å². The summed E-state index contributed by atoms with van der Waals surface area (Å²) in [5.41, 5.74) is 1.71. The standard InChI is InChI=1S/C14H21NO4S/c1-12-4-3-5-13(10-12)15(2)20(16,17)9-8-19-14-6-7-18-11-14/h3-5,10,14H,6-9,11H2,1-2H3. The second-order valence-electron chi connectivity index (χ2n) is 4.98. The van der Waals surface area contributed by atoms with E-state index in [0.717, 1.165) is 12.0 Å². The lowest BCUT2D eigenvalue weighted by molar-refractivity contribution is 0.0519. The fraction of sp³-hybridized carbons (Fsp3) is 0.571. The van der Waals surface area contributed by atoms with Crippen LogP contribution in [-0.2, 0) is 19.5 Å². The topological polar surface area (TPSA) is 55.8 Å². The Labute approximate surface area is 120 Å². The predicted molar refractivity (Wildman–Crippen MR) is 78.5 cm³/mol. The highest BCUT2D eigenvalue weighted by molar-refractivity contribution is 7.92. The van der Waals surface area contributed by atoms with E-state index >= 15 is 0 Å². The fourth-order valence-corrected chi connectivity index (χ4v) is 3.10. The third-order valence-electron chi connectivity index (χ3n) is 3.37. The van der Waals surface area contributed by atoms with Crippen molar-refractivity contribution in [2.45, 2.75) is 19.4 Å². The Hall–Kier alpha value is -1.11. The summed E-state index contributed by atoms with van der Waals surface area (Å²) >= 11 is 0. The van der Waals surface area contributed by atoms with Crippen molar-refractivity contribution in [2.24, 2.45) is 0 Å². The highest BCUT2D eigenvalue weighted by Crippen LogP contribution is 2.18. The minimum absolute atomic E-state index is 0.0199. The number of hydrogen-bond acceptors (Lipinski definition) is 4. The van der Waals surface area contributed by atoms with E-state index in [4.69, 9.17) is 9.47 Å². The molecule has 0 N–H and O–H groups in total. The van der Waals surface area contributed by atoms with Gasteiger partial charge in [0.2, 0.25) is 10.0 Å². The third-order valence-corrected chi connectivity index (χ3v) is 5.09. The minimum atomic E-state index is -3.35. The molecule has 0 amide bonds. The molecule has 112 valence electrons. The first-order chi connectivity index (χ1) is 9.49. The molecule has 1 heterocycles. The number of hydrogen-bond donors (Lipinski definition) is 0. The summed E-state index contributed by atoms with van der Waals surface area (Å²) in [6.45, 7) is 3.40. The van der Waals surface area contributed by atoms with Crippen molar-refractivity contribution in [3.63, 3.8) is 0 Å². The van der Waals surface area contributed by atoms with E-state index in [1.165, 1.54) is 4.31 Å². The second kappa shape index (κ2) is 6.56. The summed E-state index contributed by atoms with van der Waals surface area (Å²) in [4.78, 5) is 0. The lowest BCUT2D eigenvalue weighted by atomic mass is 10.2. The van der Waals surface area contributed by atoms with Gasteiger partial charge in [-0.2, -0.15) is 0 Å². The zero-order valence-corrected chi connectivity index (χ0v) is 12.7. The SMILES string of the molecule is Cc1cccc(N(C)S(=O)(=O)CCOC2CCOC2)c1. The van der Waals surface area contributed by atoms with Crippen LogP contribution in [0.25, 0.3) is 0 Å². The zero-order chi connectivity index (χ0) is 14.6. The molecule has 0 spiro atoms. The fourth-order valence-electron chi connectivity index (χ4n) is 2.09. The van der Waals surface area contributed by atoms with Gasteiger partial charge in [0.1, 0.15) is 0 Å². The van der Waals surface area contributed by atoms with Gasteiger partial charge in [0.15, 0.2) is 0 Å². The normalized spacial score (nSPS) is 19.2. The van der Waals surface area contributed by atoms with Gasteiger partial charge in [0, 0.05) is 13.7 Å². The van der Waals surface area contributed by atoms with Crippen LogP contribution in [0.3, 0.4) is 0 Å². The molecule has 6 heteroatoms. The zero-order valence-electron chi connectivity index (χ0n) is 11.9. The number of nitrogens with zero attached hydrogens (tertiary/aromatic N) is 1. The highest BCUT2D eigenvalue weighted by Gasteiger charge is 2.21. The van der Waals surface area contributed by atoms with Gasteiger partial charge in [-0.1, -0.05) is 12.1 Å². The summed E-state index contributed by atoms with van der Waals surface area (Å²) in [5, 5.41) is 0. The van der Waals surface area contributed by atoms with Crippen LogP contribution in [0.2, 0.25) is 0 Å². The predicted octanol–water partition coefficient (Wildman–Crippen LogP) is 1.57. The summed E-state index contributed by atoms with van der Waals surface area (Å²) in [6.07, 6.45) is 0.878. The van der Waals surface area contributed by atoms with Crippen molar-refractivity contribution in [1.29, 1.82) is 0 Å². The van der Waals surface area contributed by atoms with E-state index in [2.05, 4.69) is 0 Å². The Bertz CT molecular complexity index is 538. The molecule has 1 saturated heterocycles. The van der Waals surface area contributed by atoms with Crippen LogP contribution in [0.15, 0.2) is 24.3 Å². The molecule has 1 aliphatic heterocycles. The number of anilines is 1. The van der Waals surface area contributed by atoms with E-state index in [-0.39, 0.29) is 18.5 Å². The molecule has 0 aliphatic carbocycles. The average Bonchev–Trinajstić information content (AvgIpc) is 2.91. The number of ether oxygens (including phenoxy) is 2. The minimum Gasteiger partial charge on any atom is -0.379 e. The summed E-state index contributed by atoms with van der Waals surface area (Å²) < 4.78 is 36.5. The monoisotopic (exact) mass is 299 g/mol. The summed E-state index contributed by atoms with van der Waals surface area (Å²) in [5.74, 6) is -0.0199. The van der Waals surface area contributed by atoms with Crippen molar-refractivity contribution >= 4 is 15.7 Å². The van der Waals surface area contributed by atoms with Crippen molar-refractivity contribution in [3.8, 4) is 0 Å². The van der Waals surface area contributed by atoms with E-state index in [9.17, 15) is 8.42 Å². The Kier molecular flexibility index (Phi) is 5.01. The maximum absolute atomic E-state index is 12.2. The van der Waals surface area contributed by atoms with Gasteiger partial charge in [-0.3, -0.25) is 4.31 Å². The number of sulfonamides is 1. The molecular weight excluding hydrogens is 278 g/mol. The van der Waals surface area contributed by atoms with Crippen molar-refractivity contribution < 1.29 is 17.9 Å². The molecule has 5 nitrogen and oxygen atoms in total. The van der Waals surface area contributed by atoms with Gasteiger partial charge in [-0.15, -0.1) is 0 Å². The van der Waals surface area contributed by atoms with Gasteiger partial charge in [-0.25, -0.2) is 8.42 Å². The lowest BCUT2D eigenvalue weighted by Gasteiger charge is -2.20. The maximum Gasteiger partial charge on any atom is 0.237 e. The van der Waals surface area contributed by atoms with E-state index in [1.54, 1.807) is 13.1 Å². The molecule has 0 radical (unpaired) electrons. The first-order valence-corrected chi connectivity index (χ1v) is 8.32. The van der Waals surface area contributed by atoms with Crippen LogP contribution in [0.1, 0.15) is 12.0 Å². The van der Waals surface area contributed by atoms with Crippen molar-refractivity contribution in [3.05, 3.63) is 29.8 Å². The van der Waals surface area contributed by atoms with Gasteiger partial charge >= 0.3 is 0 Å². The quantitative estimate of drug-likeness (QED) is 0.800. The third kappa shape index (κ3) is 3.94. The molecular formula is C14H21NO4S. The Morgan fingerprint density at radius 2 is 2.25 bits per heavy atom. The molecule has 1 aromatic rings. The molecule has 1 fully saturated rings. The molecule has 1 atom stereocenters. The number of benzene rings is 1. The van der Waals surface area contributed by atoms with Gasteiger partial charge in [0.05, 0.1) is 30.8 Å². The van der Waals surface area contributed by atoms with Crippen LogP contribution in [0, 0.1) is 6.92 Å². The van der Waals surface area contributed by atoms with E-state index in [1.807, 2.05) is 25.1 Å². The molecule has 1 aliphatic rings. The molecule has 20 heavy (non-hydrogen) atoms. The van der Waals surface area contributed by atoms with Crippen LogP contribution in [0.4, 0.5) is 5.69 Å². The first-order valence-electron chi connectivity index (χ1n) is 6.71. The maximum atomic E-state index is 12.2. The number of rotatable bonds is 6. The summed E-state index contributed by atoms with van der Waals surface area (Å²) in [7, 11) is -1.78. The van der Waals surface area contributed by atoms with Crippen molar-refractivity contribution in [2.75, 3.05) is 36.9 Å². The molecule has 0 bridgehead atoms. The second-order valence-corrected chi connectivity index (χ2v) is 7.10. The van der Waals surface area contributed by atoms with Crippen LogP contribution in [0.5, 0.6) is 0 Å². The van der Waals surface area contributed by atoms with Gasteiger partial charge in [-0.05, 0) is 31.0 Å². The average molecular weight is 299 g/mol. The highest BCUT2D eigenvalue weighted by atomic mass is 32.2. The van der Waals surface area contributed by atoms with Crippen LogP contribution >= 0.6 is 0 Å². The lowest BCUT2D eigenvalue weighted by Crippen LogP contribution is -2.31. The molecule has 1 aromatic carbocycles. The van der Waals surface area contributed by atoms with Gasteiger partial charge < -0.3 is 9.47 Å².